The molecular formula is C14H18O. The highest BCUT2D eigenvalue weighted by atomic mass is 16.1. The third-order valence-corrected chi connectivity index (χ3v) is 3.20. The molecule has 1 nitrogen and oxygen atoms in total. The zero-order valence-corrected chi connectivity index (χ0v) is 9.11. The Labute approximate surface area is 91.6 Å². The number of carbonyl (C=O) groups is 1. The lowest BCUT2D eigenvalue weighted by Gasteiger charge is -2.15. The zero-order valence-electron chi connectivity index (χ0n) is 9.11. The smallest absolute Gasteiger partial charge is 0.159 e. The normalized spacial score (nSPS) is 28.3. The Morgan fingerprint density at radius 2 is 2.07 bits per heavy atom. The highest BCUT2D eigenvalue weighted by molar-refractivity contribution is 5.92. The fraction of sp³-hybridized carbons (Fsp3) is 0.500. The third-order valence-electron chi connectivity index (χ3n) is 3.20. The third kappa shape index (κ3) is 2.92. The Hall–Kier alpha value is -1.11. The molecule has 0 heterocycles. The average molecular weight is 202 g/mol. The van der Waals surface area contributed by atoms with Gasteiger partial charge in [0.05, 0.1) is 0 Å². The molecule has 15 heavy (non-hydrogen) atoms. The summed E-state index contributed by atoms with van der Waals surface area (Å²) in [5, 5.41) is 0. The van der Waals surface area contributed by atoms with Gasteiger partial charge in [0.1, 0.15) is 0 Å². The van der Waals surface area contributed by atoms with Crippen LogP contribution in [-0.2, 0) is 4.79 Å². The van der Waals surface area contributed by atoms with Gasteiger partial charge in [0.15, 0.2) is 5.78 Å². The van der Waals surface area contributed by atoms with Crippen molar-refractivity contribution in [3.63, 3.8) is 0 Å². The van der Waals surface area contributed by atoms with Gasteiger partial charge < -0.3 is 0 Å². The molecule has 1 heteroatoms. The van der Waals surface area contributed by atoms with Crippen molar-refractivity contribution >= 4 is 5.78 Å². The van der Waals surface area contributed by atoms with E-state index in [2.05, 4.69) is 24.3 Å². The highest BCUT2D eigenvalue weighted by Gasteiger charge is 2.17. The second kappa shape index (κ2) is 5.11. The molecule has 0 aromatic carbocycles. The Morgan fingerprint density at radius 1 is 1.20 bits per heavy atom. The first-order valence-corrected chi connectivity index (χ1v) is 5.89. The summed E-state index contributed by atoms with van der Waals surface area (Å²) in [7, 11) is 0. The molecular weight excluding hydrogens is 184 g/mol. The van der Waals surface area contributed by atoms with Crippen molar-refractivity contribution in [2.45, 2.75) is 38.5 Å². The van der Waals surface area contributed by atoms with Gasteiger partial charge in [-0.05, 0) is 44.6 Å². The predicted octanol–water partition coefficient (Wildman–Crippen LogP) is 3.58. The molecule has 0 aliphatic heterocycles. The summed E-state index contributed by atoms with van der Waals surface area (Å²) < 4.78 is 0. The van der Waals surface area contributed by atoms with Gasteiger partial charge in [-0.15, -0.1) is 0 Å². The minimum Gasteiger partial charge on any atom is -0.295 e. The van der Waals surface area contributed by atoms with Crippen LogP contribution in [0.2, 0.25) is 0 Å². The van der Waals surface area contributed by atoms with Crippen LogP contribution in [0.15, 0.2) is 36.0 Å². The van der Waals surface area contributed by atoms with E-state index >= 15 is 0 Å². The molecule has 2 rings (SSSR count). The average Bonchev–Trinajstić information content (AvgIpc) is 2.31. The van der Waals surface area contributed by atoms with Crippen molar-refractivity contribution in [1.82, 2.24) is 0 Å². The molecule has 0 N–H and O–H groups in total. The van der Waals surface area contributed by atoms with Gasteiger partial charge >= 0.3 is 0 Å². The lowest BCUT2D eigenvalue weighted by Crippen LogP contribution is -2.14. The molecule has 0 fully saturated rings. The van der Waals surface area contributed by atoms with Crippen LogP contribution in [0.25, 0.3) is 0 Å². The predicted molar refractivity (Wildman–Crippen MR) is 62.6 cm³/mol. The summed E-state index contributed by atoms with van der Waals surface area (Å²) in [6.07, 6.45) is 16.8. The number of hydrogen-bond acceptors (Lipinski definition) is 1. The van der Waals surface area contributed by atoms with Crippen LogP contribution >= 0.6 is 0 Å². The van der Waals surface area contributed by atoms with E-state index in [0.717, 1.165) is 38.5 Å². The van der Waals surface area contributed by atoms with Crippen LogP contribution < -0.4 is 0 Å². The molecule has 0 aromatic rings. The van der Waals surface area contributed by atoms with E-state index in [1.54, 1.807) is 0 Å². The van der Waals surface area contributed by atoms with Crippen LogP contribution in [-0.4, -0.2) is 5.78 Å². The lowest BCUT2D eigenvalue weighted by molar-refractivity contribution is -0.118. The first-order valence-electron chi connectivity index (χ1n) is 5.89. The van der Waals surface area contributed by atoms with E-state index in [0.29, 0.717) is 5.78 Å². The maximum Gasteiger partial charge on any atom is 0.159 e. The van der Waals surface area contributed by atoms with Crippen molar-refractivity contribution in [1.29, 1.82) is 0 Å². The molecule has 0 aromatic heterocycles. The molecule has 80 valence electrons. The van der Waals surface area contributed by atoms with Gasteiger partial charge in [0.25, 0.3) is 0 Å². The Kier molecular flexibility index (Phi) is 3.54. The van der Waals surface area contributed by atoms with Crippen molar-refractivity contribution in [3.8, 4) is 0 Å². The Bertz CT molecular complexity index is 320. The first-order chi connectivity index (χ1) is 7.36. The maximum atomic E-state index is 11.9. The van der Waals surface area contributed by atoms with Crippen molar-refractivity contribution in [3.05, 3.63) is 36.0 Å². The number of allylic oxidation sites excluding steroid dienone is 6. The van der Waals surface area contributed by atoms with Crippen LogP contribution in [0.5, 0.6) is 0 Å². The van der Waals surface area contributed by atoms with Crippen molar-refractivity contribution in [2.24, 2.45) is 5.92 Å². The molecule has 0 saturated heterocycles. The number of carbonyl (C=O) groups excluding carboxylic acids is 1. The monoisotopic (exact) mass is 202 g/mol. The first kappa shape index (κ1) is 10.4. The Balaban J connectivity index is 1.95. The summed E-state index contributed by atoms with van der Waals surface area (Å²) >= 11 is 0. The van der Waals surface area contributed by atoms with Gasteiger partial charge in [-0.1, -0.05) is 29.9 Å². The summed E-state index contributed by atoms with van der Waals surface area (Å²) in [5.41, 5.74) is 1.32. The van der Waals surface area contributed by atoms with Gasteiger partial charge in [0.2, 0.25) is 0 Å². The van der Waals surface area contributed by atoms with E-state index in [-0.39, 0.29) is 5.92 Å². The largest absolute Gasteiger partial charge is 0.295 e. The molecule has 0 radical (unpaired) electrons. The standard InChI is InChI=1S/C14H18O/c15-14(13-9-5-2-6-10-13)11-12-7-3-1-4-8-12/h1-3,5,11,13H,4,6-10H2/b12-11+. The quantitative estimate of drug-likeness (QED) is 0.494. The van der Waals surface area contributed by atoms with Gasteiger partial charge in [0, 0.05) is 5.92 Å². The zero-order chi connectivity index (χ0) is 10.5. The Morgan fingerprint density at radius 3 is 2.73 bits per heavy atom. The summed E-state index contributed by atoms with van der Waals surface area (Å²) in [4.78, 5) is 11.9. The fourth-order valence-corrected chi connectivity index (χ4v) is 2.23. The molecule has 0 amide bonds. The van der Waals surface area contributed by atoms with Crippen molar-refractivity contribution in [2.75, 3.05) is 0 Å². The van der Waals surface area contributed by atoms with E-state index in [1.807, 2.05) is 6.08 Å². The summed E-state index contributed by atoms with van der Waals surface area (Å²) in [6.45, 7) is 0. The SMILES string of the molecule is O=C(/C=C1\CC=CCC1)C1CC=CCC1. The molecule has 2 aliphatic carbocycles. The maximum absolute atomic E-state index is 11.9. The summed E-state index contributed by atoms with van der Waals surface area (Å²) in [6, 6.07) is 0. The van der Waals surface area contributed by atoms with E-state index in [9.17, 15) is 4.79 Å². The molecule has 0 bridgehead atoms. The molecule has 0 saturated carbocycles. The van der Waals surface area contributed by atoms with Crippen LogP contribution in [0.3, 0.4) is 0 Å². The molecule has 0 spiro atoms. The minimum atomic E-state index is 0.258. The molecule has 1 unspecified atom stereocenters. The van der Waals surface area contributed by atoms with Crippen molar-refractivity contribution < 1.29 is 4.79 Å². The van der Waals surface area contributed by atoms with E-state index in [4.69, 9.17) is 0 Å². The summed E-state index contributed by atoms with van der Waals surface area (Å²) in [5.74, 6) is 0.609. The number of rotatable bonds is 2. The van der Waals surface area contributed by atoms with E-state index < -0.39 is 0 Å². The molecule has 1 atom stereocenters. The molecule has 2 aliphatic rings. The van der Waals surface area contributed by atoms with Crippen LogP contribution in [0, 0.1) is 5.92 Å². The number of ketones is 1. The number of hydrogen-bond donors (Lipinski definition) is 0. The second-order valence-electron chi connectivity index (χ2n) is 4.40. The highest BCUT2D eigenvalue weighted by Crippen LogP contribution is 2.22. The van der Waals surface area contributed by atoms with Gasteiger partial charge in [-0.25, -0.2) is 0 Å². The topological polar surface area (TPSA) is 17.1 Å². The second-order valence-corrected chi connectivity index (χ2v) is 4.40. The van der Waals surface area contributed by atoms with Crippen LogP contribution in [0.4, 0.5) is 0 Å². The lowest BCUT2D eigenvalue weighted by atomic mass is 9.88. The van der Waals surface area contributed by atoms with E-state index in [1.165, 1.54) is 5.57 Å². The minimum absolute atomic E-state index is 0.258. The van der Waals surface area contributed by atoms with Gasteiger partial charge in [-0.3, -0.25) is 4.79 Å². The fourth-order valence-electron chi connectivity index (χ4n) is 2.23. The van der Waals surface area contributed by atoms with Crippen LogP contribution in [0.1, 0.15) is 38.5 Å². The van der Waals surface area contributed by atoms with Gasteiger partial charge in [-0.2, -0.15) is 0 Å².